The van der Waals surface area contributed by atoms with Crippen LogP contribution >= 0.6 is 0 Å². The van der Waals surface area contributed by atoms with Crippen LogP contribution in [0.1, 0.15) is 159 Å². The quantitative estimate of drug-likeness (QED) is 0.0923. The summed E-state index contributed by atoms with van der Waals surface area (Å²) in [4.78, 5) is 16.8. The van der Waals surface area contributed by atoms with Crippen LogP contribution in [-0.4, -0.2) is 15.9 Å². The van der Waals surface area contributed by atoms with E-state index in [2.05, 4.69) is 142 Å². The van der Waals surface area contributed by atoms with Gasteiger partial charge < -0.3 is 5.11 Å². The van der Waals surface area contributed by atoms with Gasteiger partial charge in [-0.2, -0.15) is 5.26 Å². The molecule has 1 radical (unpaired) electrons. The molecule has 1 saturated carbocycles. The van der Waals surface area contributed by atoms with Crippen LogP contribution < -0.4 is 0 Å². The first kappa shape index (κ1) is 49.8. The number of carbonyl (C=O) groups excluding carboxylic acids is 1. The summed E-state index contributed by atoms with van der Waals surface area (Å²) < 4.78 is 0. The second-order valence-electron chi connectivity index (χ2n) is 21.0. The Morgan fingerprint density at radius 2 is 1.41 bits per heavy atom. The standard InChI is InChI=1S/C41H49N2.C13H24O2.Ir/c1-37(2,3)22-28-15-17-29(18-16-28)33-21-36(31-19-30-13-11-12-14-32(30)34(20-31)38(4,5)6)43-23-35(33)41(27-42)25-39(7,8)24-40(9,10)26-41;1-5-10(6-2)12(14)9-13(15)11(7-3)8-4;/h11-18,20-21,23H,22,24-26H2,1-10H3;9-11,14H,5-8H2,1-4H3;/q-1;;/b;12-9-;. The fourth-order valence-electron chi connectivity index (χ4n) is 9.85. The van der Waals surface area contributed by atoms with Crippen LogP contribution in [0.3, 0.4) is 0 Å². The van der Waals surface area contributed by atoms with Gasteiger partial charge in [-0.3, -0.25) is 9.78 Å². The average molecular weight is 974 g/mol. The van der Waals surface area contributed by atoms with Gasteiger partial charge in [-0.15, -0.1) is 29.1 Å². The Labute approximate surface area is 372 Å². The molecular weight excluding hydrogens is 901 g/mol. The fraction of sp³-hybridized carbons (Fsp3) is 0.537. The summed E-state index contributed by atoms with van der Waals surface area (Å²) in [5.41, 5.74) is 7.52. The molecule has 0 unspecified atom stereocenters. The number of nitriles is 1. The van der Waals surface area contributed by atoms with E-state index < -0.39 is 5.41 Å². The van der Waals surface area contributed by atoms with Crippen LogP contribution in [0.2, 0.25) is 0 Å². The minimum absolute atomic E-state index is 0. The minimum Gasteiger partial charge on any atom is -0.512 e. The molecule has 5 rings (SSSR count). The molecule has 0 bridgehead atoms. The Balaban J connectivity index is 0.000000496. The largest absolute Gasteiger partial charge is 0.512 e. The molecule has 1 aliphatic carbocycles. The predicted molar refractivity (Wildman–Crippen MR) is 246 cm³/mol. The number of benzene rings is 3. The van der Waals surface area contributed by atoms with Crippen molar-refractivity contribution in [2.24, 2.45) is 28.1 Å². The molecule has 1 fully saturated rings. The molecule has 321 valence electrons. The normalized spacial score (nSPS) is 16.2. The van der Waals surface area contributed by atoms with E-state index in [4.69, 9.17) is 4.98 Å². The third kappa shape index (κ3) is 12.7. The molecule has 1 aliphatic rings. The number of pyridine rings is 1. The molecular formula is C54H73IrN2O2-. The first-order chi connectivity index (χ1) is 27.0. The number of ketones is 1. The maximum absolute atomic E-state index is 11.7. The van der Waals surface area contributed by atoms with Crippen LogP contribution in [0.25, 0.3) is 33.2 Å². The first-order valence-electron chi connectivity index (χ1n) is 21.9. The Hall–Kier alpha value is -3.58. The molecule has 5 heteroatoms. The number of aliphatic hydroxyl groups is 1. The number of rotatable bonds is 11. The summed E-state index contributed by atoms with van der Waals surface area (Å²) in [5, 5.41) is 23.0. The van der Waals surface area contributed by atoms with Gasteiger partial charge in [0.1, 0.15) is 0 Å². The summed E-state index contributed by atoms with van der Waals surface area (Å²) in [6, 6.07) is 28.6. The van der Waals surface area contributed by atoms with E-state index in [0.717, 1.165) is 84.7 Å². The van der Waals surface area contributed by atoms with Gasteiger partial charge in [-0.25, -0.2) is 0 Å². The van der Waals surface area contributed by atoms with Gasteiger partial charge >= 0.3 is 0 Å². The van der Waals surface area contributed by atoms with Crippen LogP contribution in [0.4, 0.5) is 0 Å². The summed E-state index contributed by atoms with van der Waals surface area (Å²) in [6.07, 6.45) is 10.7. The van der Waals surface area contributed by atoms with Crippen molar-refractivity contribution in [1.82, 2.24) is 4.98 Å². The van der Waals surface area contributed by atoms with E-state index in [1.807, 2.05) is 33.9 Å². The van der Waals surface area contributed by atoms with Gasteiger partial charge in [-0.05, 0) is 95.3 Å². The molecule has 3 aromatic carbocycles. The minimum atomic E-state index is -0.611. The topological polar surface area (TPSA) is 74.0 Å². The van der Waals surface area contributed by atoms with Crippen LogP contribution in [0, 0.1) is 45.5 Å². The number of fused-ring (bicyclic) bond motifs is 1. The average Bonchev–Trinajstić information content (AvgIpc) is 3.13. The monoisotopic (exact) mass is 975 g/mol. The Morgan fingerprint density at radius 3 is 1.92 bits per heavy atom. The third-order valence-electron chi connectivity index (χ3n) is 12.1. The second-order valence-corrected chi connectivity index (χ2v) is 21.0. The van der Waals surface area contributed by atoms with Crippen LogP contribution in [0.15, 0.2) is 78.7 Å². The fourth-order valence-corrected chi connectivity index (χ4v) is 9.85. The van der Waals surface area contributed by atoms with Crippen molar-refractivity contribution in [2.75, 3.05) is 0 Å². The van der Waals surface area contributed by atoms with E-state index in [-0.39, 0.29) is 65.1 Å². The van der Waals surface area contributed by atoms with Gasteiger partial charge in [-0.1, -0.05) is 156 Å². The molecule has 0 aliphatic heterocycles. The molecule has 4 nitrogen and oxygen atoms in total. The van der Waals surface area contributed by atoms with Gasteiger partial charge in [0.05, 0.1) is 17.2 Å². The second kappa shape index (κ2) is 19.9. The van der Waals surface area contributed by atoms with Crippen molar-refractivity contribution in [3.8, 4) is 28.5 Å². The van der Waals surface area contributed by atoms with Crippen molar-refractivity contribution in [3.05, 3.63) is 101 Å². The molecule has 0 atom stereocenters. The Bertz CT molecular complexity index is 2080. The number of hydrogen-bond donors (Lipinski definition) is 1. The molecule has 4 aromatic rings. The van der Waals surface area contributed by atoms with Gasteiger partial charge in [0.25, 0.3) is 0 Å². The SMILES string of the molecule is CC(C)(C)Cc1ccc(-c2cc(-c3[c-]c4ccccc4c(C(C)(C)C)c3)ncc2C2(C#N)CC(C)(C)CC(C)(C)C2)cc1.CCC(CC)C(=O)/C=C(\O)C(CC)CC.[Ir]. The Kier molecular flexibility index (Phi) is 16.8. The van der Waals surface area contributed by atoms with E-state index in [1.54, 1.807) is 0 Å². The maximum Gasteiger partial charge on any atom is 0.162 e. The smallest absolute Gasteiger partial charge is 0.162 e. The number of carbonyl (C=O) groups is 1. The van der Waals surface area contributed by atoms with Crippen LogP contribution in [-0.2, 0) is 42.2 Å². The number of hydrogen-bond acceptors (Lipinski definition) is 4. The third-order valence-corrected chi connectivity index (χ3v) is 12.1. The molecule has 0 saturated heterocycles. The molecule has 1 N–H and O–H groups in total. The van der Waals surface area contributed by atoms with Crippen molar-refractivity contribution < 1.29 is 30.0 Å². The summed E-state index contributed by atoms with van der Waals surface area (Å²) >= 11 is 0. The van der Waals surface area contributed by atoms with E-state index >= 15 is 0 Å². The van der Waals surface area contributed by atoms with E-state index in [1.165, 1.54) is 22.6 Å². The summed E-state index contributed by atoms with van der Waals surface area (Å²) in [6.45, 7) is 31.0. The van der Waals surface area contributed by atoms with Gasteiger partial charge in [0.2, 0.25) is 0 Å². The zero-order chi connectivity index (χ0) is 43.3. The Morgan fingerprint density at radius 1 is 0.847 bits per heavy atom. The van der Waals surface area contributed by atoms with Crippen LogP contribution in [0.5, 0.6) is 0 Å². The molecule has 59 heavy (non-hydrogen) atoms. The first-order valence-corrected chi connectivity index (χ1v) is 21.9. The zero-order valence-electron chi connectivity index (χ0n) is 38.8. The van der Waals surface area contributed by atoms with Gasteiger partial charge in [0, 0.05) is 49.9 Å². The van der Waals surface area contributed by atoms with E-state index in [0.29, 0.717) is 0 Å². The molecule has 0 amide bonds. The molecule has 1 aromatic heterocycles. The predicted octanol–water partition coefficient (Wildman–Crippen LogP) is 15.1. The van der Waals surface area contributed by atoms with E-state index in [9.17, 15) is 15.2 Å². The van der Waals surface area contributed by atoms with Crippen molar-refractivity contribution in [1.29, 1.82) is 5.26 Å². The summed E-state index contributed by atoms with van der Waals surface area (Å²) in [5.74, 6) is 0.547. The number of aromatic nitrogens is 1. The van der Waals surface area contributed by atoms with Crippen molar-refractivity contribution in [3.63, 3.8) is 0 Å². The molecule has 0 spiro atoms. The number of nitrogens with zero attached hydrogens (tertiary/aromatic N) is 2. The van der Waals surface area contributed by atoms with Gasteiger partial charge in [0.15, 0.2) is 5.78 Å². The van der Waals surface area contributed by atoms with Crippen molar-refractivity contribution in [2.45, 2.75) is 159 Å². The van der Waals surface area contributed by atoms with Crippen molar-refractivity contribution >= 4 is 16.6 Å². The molecule has 1 heterocycles. The zero-order valence-corrected chi connectivity index (χ0v) is 41.2. The maximum atomic E-state index is 11.7. The summed E-state index contributed by atoms with van der Waals surface area (Å²) in [7, 11) is 0. The number of aliphatic hydroxyl groups excluding tert-OH is 1. The number of allylic oxidation sites excluding steroid dienone is 2.